The topological polar surface area (TPSA) is 71.2 Å². The summed E-state index contributed by atoms with van der Waals surface area (Å²) in [5, 5.41) is 0.647. The number of likely N-dealkylation sites (N-methyl/N-ethyl adjacent to an activating group) is 1. The van der Waals surface area contributed by atoms with E-state index in [1.807, 2.05) is 59.6 Å². The number of fused-ring (bicyclic) bond motifs is 1. The molecule has 36 heavy (non-hydrogen) atoms. The molecule has 184 valence electrons. The Kier molecular flexibility index (Phi) is 6.70. The van der Waals surface area contributed by atoms with E-state index in [0.717, 1.165) is 47.6 Å². The summed E-state index contributed by atoms with van der Waals surface area (Å²) in [6, 6.07) is 19.3. The van der Waals surface area contributed by atoms with Gasteiger partial charge in [-0.25, -0.2) is 0 Å². The highest BCUT2D eigenvalue weighted by molar-refractivity contribution is 6.30. The number of aliphatic imine (C=N–C) groups is 1. The Morgan fingerprint density at radius 2 is 1.89 bits per heavy atom. The van der Waals surface area contributed by atoms with E-state index >= 15 is 0 Å². The minimum absolute atomic E-state index is 0.0158. The molecule has 5 rings (SSSR count). The Hall–Kier alpha value is -3.77. The molecule has 0 unspecified atom stereocenters. The van der Waals surface area contributed by atoms with Crippen molar-refractivity contribution in [2.24, 2.45) is 4.99 Å². The van der Waals surface area contributed by atoms with Gasteiger partial charge in [-0.15, -0.1) is 0 Å². The molecule has 2 heterocycles. The van der Waals surface area contributed by atoms with Crippen LogP contribution in [0.1, 0.15) is 29.2 Å². The molecule has 0 aliphatic carbocycles. The van der Waals surface area contributed by atoms with Gasteiger partial charge in [0.1, 0.15) is 5.75 Å². The Morgan fingerprint density at radius 3 is 2.56 bits per heavy atom. The first-order valence-corrected chi connectivity index (χ1v) is 12.4. The van der Waals surface area contributed by atoms with Crippen molar-refractivity contribution in [3.8, 4) is 5.75 Å². The number of carbonyl (C=O) groups is 1. The summed E-state index contributed by atoms with van der Waals surface area (Å²) in [4.78, 5) is 21.9. The quantitative estimate of drug-likeness (QED) is 0.457. The molecule has 0 aromatic heterocycles. The van der Waals surface area contributed by atoms with Crippen LogP contribution in [0.3, 0.4) is 0 Å². The summed E-state index contributed by atoms with van der Waals surface area (Å²) in [6.07, 6.45) is 5.23. The average Bonchev–Trinajstić information content (AvgIpc) is 2.89. The molecule has 2 aliphatic heterocycles. The molecular weight excluding hydrogens is 472 g/mol. The summed E-state index contributed by atoms with van der Waals surface area (Å²) in [5.41, 5.74) is 13.0. The van der Waals surface area contributed by atoms with Crippen molar-refractivity contribution in [1.29, 1.82) is 0 Å². The predicted octanol–water partition coefficient (Wildman–Crippen LogP) is 5.45. The second-order valence-electron chi connectivity index (χ2n) is 9.19. The molecule has 0 bridgehead atoms. The maximum absolute atomic E-state index is 13.6. The number of amides is 1. The van der Waals surface area contributed by atoms with Gasteiger partial charge in [-0.3, -0.25) is 9.79 Å². The Balaban J connectivity index is 1.51. The van der Waals surface area contributed by atoms with Crippen LogP contribution in [-0.4, -0.2) is 39.4 Å². The van der Waals surface area contributed by atoms with Gasteiger partial charge in [0.05, 0.1) is 25.3 Å². The van der Waals surface area contributed by atoms with Crippen molar-refractivity contribution in [2.75, 3.05) is 42.8 Å². The fourth-order valence-electron chi connectivity index (χ4n) is 4.96. The molecule has 2 aliphatic rings. The number of allylic oxidation sites excluding steroid dienone is 1. The fraction of sp³-hybridized carbons (Fsp3) is 0.241. The van der Waals surface area contributed by atoms with E-state index in [0.29, 0.717) is 16.5 Å². The van der Waals surface area contributed by atoms with E-state index in [2.05, 4.69) is 35.1 Å². The Labute approximate surface area is 216 Å². The maximum Gasteiger partial charge on any atom is 0.232 e. The first kappa shape index (κ1) is 23.9. The van der Waals surface area contributed by atoms with E-state index in [-0.39, 0.29) is 18.4 Å². The lowest BCUT2D eigenvalue weighted by Crippen LogP contribution is -2.41. The Bertz CT molecular complexity index is 1330. The number of hydrogen-bond acceptors (Lipinski definition) is 5. The van der Waals surface area contributed by atoms with Gasteiger partial charge in [-0.05, 0) is 83.3 Å². The zero-order valence-electron chi connectivity index (χ0n) is 20.4. The van der Waals surface area contributed by atoms with Gasteiger partial charge in [0.2, 0.25) is 5.91 Å². The summed E-state index contributed by atoms with van der Waals surface area (Å²) in [6.45, 7) is 1.69. The van der Waals surface area contributed by atoms with Crippen LogP contribution in [0.2, 0.25) is 5.02 Å². The van der Waals surface area contributed by atoms with E-state index in [1.165, 1.54) is 5.57 Å². The van der Waals surface area contributed by atoms with Gasteiger partial charge in [0.15, 0.2) is 0 Å². The predicted molar refractivity (Wildman–Crippen MR) is 148 cm³/mol. The number of benzene rings is 3. The minimum atomic E-state index is -0.331. The van der Waals surface area contributed by atoms with Gasteiger partial charge in [0, 0.05) is 42.7 Å². The first-order chi connectivity index (χ1) is 17.4. The van der Waals surface area contributed by atoms with Crippen LogP contribution >= 0.6 is 11.6 Å². The summed E-state index contributed by atoms with van der Waals surface area (Å²) in [5.74, 6) is 0.596. The summed E-state index contributed by atoms with van der Waals surface area (Å²) < 4.78 is 5.42. The third kappa shape index (κ3) is 4.69. The van der Waals surface area contributed by atoms with E-state index in [9.17, 15) is 4.79 Å². The number of nitrogens with zero attached hydrogens (tertiary/aromatic N) is 3. The number of nitrogen functional groups attached to an aromatic ring is 1. The fourth-order valence-corrected chi connectivity index (χ4v) is 5.08. The first-order valence-electron chi connectivity index (χ1n) is 12.0. The molecule has 1 amide bonds. The van der Waals surface area contributed by atoms with Crippen molar-refractivity contribution in [1.82, 2.24) is 0 Å². The van der Waals surface area contributed by atoms with Crippen LogP contribution in [0.15, 0.2) is 77.3 Å². The SMILES string of the molecule is COc1cc2c(cc1N)[C@H](c1ccc(Cl)cc1)N(c1ccc(N(C)CC3=CC=NCC3)cc1)C(=O)C2. The molecule has 0 fully saturated rings. The zero-order chi connectivity index (χ0) is 25.2. The largest absolute Gasteiger partial charge is 0.495 e. The lowest BCUT2D eigenvalue weighted by Gasteiger charge is -2.38. The normalized spacial score (nSPS) is 17.0. The van der Waals surface area contributed by atoms with Gasteiger partial charge in [-0.2, -0.15) is 0 Å². The van der Waals surface area contributed by atoms with E-state index < -0.39 is 0 Å². The number of hydrogen-bond donors (Lipinski definition) is 1. The smallest absolute Gasteiger partial charge is 0.232 e. The molecule has 2 N–H and O–H groups in total. The van der Waals surface area contributed by atoms with Crippen LogP contribution in [0.5, 0.6) is 5.75 Å². The molecule has 1 atom stereocenters. The monoisotopic (exact) mass is 500 g/mol. The zero-order valence-corrected chi connectivity index (χ0v) is 21.2. The van der Waals surface area contributed by atoms with Crippen molar-refractivity contribution in [3.63, 3.8) is 0 Å². The maximum atomic E-state index is 13.6. The average molecular weight is 501 g/mol. The Morgan fingerprint density at radius 1 is 1.14 bits per heavy atom. The molecule has 0 spiro atoms. The van der Waals surface area contributed by atoms with Crippen LogP contribution in [0.25, 0.3) is 0 Å². The molecule has 6 nitrogen and oxygen atoms in total. The second-order valence-corrected chi connectivity index (χ2v) is 9.63. The number of dihydropyridines is 1. The lowest BCUT2D eigenvalue weighted by molar-refractivity contribution is -0.118. The number of carbonyl (C=O) groups excluding carboxylic acids is 1. The third-order valence-electron chi connectivity index (χ3n) is 6.83. The highest BCUT2D eigenvalue weighted by Crippen LogP contribution is 2.42. The van der Waals surface area contributed by atoms with Crippen molar-refractivity contribution in [2.45, 2.75) is 18.9 Å². The molecule has 0 saturated heterocycles. The summed E-state index contributed by atoms with van der Waals surface area (Å²) >= 11 is 6.18. The highest BCUT2D eigenvalue weighted by Gasteiger charge is 2.35. The van der Waals surface area contributed by atoms with Crippen molar-refractivity contribution >= 4 is 40.8 Å². The third-order valence-corrected chi connectivity index (χ3v) is 7.08. The van der Waals surface area contributed by atoms with Crippen LogP contribution in [0, 0.1) is 0 Å². The van der Waals surface area contributed by atoms with Gasteiger partial charge in [0.25, 0.3) is 0 Å². The minimum Gasteiger partial charge on any atom is -0.495 e. The van der Waals surface area contributed by atoms with Crippen LogP contribution in [-0.2, 0) is 11.2 Å². The molecule has 3 aromatic carbocycles. The van der Waals surface area contributed by atoms with Crippen molar-refractivity contribution in [3.05, 3.63) is 94.0 Å². The molecular formula is C29H29ClN4O2. The highest BCUT2D eigenvalue weighted by atomic mass is 35.5. The van der Waals surface area contributed by atoms with Crippen LogP contribution in [0.4, 0.5) is 17.1 Å². The molecule has 0 radical (unpaired) electrons. The van der Waals surface area contributed by atoms with Crippen LogP contribution < -0.4 is 20.3 Å². The van der Waals surface area contributed by atoms with Gasteiger partial charge >= 0.3 is 0 Å². The molecule has 3 aromatic rings. The number of rotatable bonds is 6. The van der Waals surface area contributed by atoms with E-state index in [1.54, 1.807) is 7.11 Å². The number of methoxy groups -OCH3 is 1. The van der Waals surface area contributed by atoms with Gasteiger partial charge in [-0.1, -0.05) is 23.7 Å². The molecule has 7 heteroatoms. The lowest BCUT2D eigenvalue weighted by atomic mass is 9.86. The molecule has 0 saturated carbocycles. The number of nitrogens with two attached hydrogens (primary N) is 1. The summed E-state index contributed by atoms with van der Waals surface area (Å²) in [7, 11) is 3.67. The second kappa shape index (κ2) is 10.1. The van der Waals surface area contributed by atoms with Crippen molar-refractivity contribution < 1.29 is 9.53 Å². The standard InChI is InChI=1S/C29H29ClN4O2/c1-33(18-19-11-13-32-14-12-19)23-7-9-24(10-8-23)34-28(35)16-21-15-27(36-2)26(31)17-25(21)29(34)20-3-5-22(30)6-4-20/h3-11,13,15,17,29H,12,14,16,18,31H2,1-2H3/t29-/m0/s1. The van der Waals surface area contributed by atoms with Gasteiger partial charge < -0.3 is 20.3 Å². The van der Waals surface area contributed by atoms with E-state index in [4.69, 9.17) is 22.1 Å². The number of halogens is 1. The number of ether oxygens (including phenoxy) is 1. The number of anilines is 3.